The number of benzene rings is 8. The number of pyridine rings is 1. The van der Waals surface area contributed by atoms with Crippen LogP contribution in [0.2, 0.25) is 0 Å². The maximum absolute atomic E-state index is 6.93. The molecule has 218 valence electrons. The monoisotopic (exact) mass is 597 g/mol. The van der Waals surface area contributed by atoms with Gasteiger partial charge in [0.15, 0.2) is 0 Å². The highest BCUT2D eigenvalue weighted by Crippen LogP contribution is 2.49. The Morgan fingerprint density at radius 3 is 1.70 bits per heavy atom. The highest BCUT2D eigenvalue weighted by Gasteiger charge is 2.22. The third-order valence-corrected chi connectivity index (χ3v) is 9.70. The van der Waals surface area contributed by atoms with Crippen LogP contribution >= 0.6 is 0 Å². The first-order valence-corrected chi connectivity index (χ1v) is 16.0. The summed E-state index contributed by atoms with van der Waals surface area (Å²) in [6.45, 7) is 0. The third kappa shape index (κ3) is 3.89. The van der Waals surface area contributed by atoms with Crippen LogP contribution in [0.1, 0.15) is 0 Å². The van der Waals surface area contributed by atoms with Gasteiger partial charge in [-0.25, -0.2) is 0 Å². The minimum atomic E-state index is 0.911. The molecular formula is C45H27NO. The molecule has 0 aliphatic carbocycles. The minimum Gasteiger partial charge on any atom is -0.455 e. The van der Waals surface area contributed by atoms with Crippen molar-refractivity contribution < 1.29 is 4.42 Å². The topological polar surface area (TPSA) is 26.0 Å². The van der Waals surface area contributed by atoms with Gasteiger partial charge < -0.3 is 4.42 Å². The molecule has 2 aromatic heterocycles. The molecule has 0 unspecified atom stereocenters. The molecule has 2 nitrogen and oxygen atoms in total. The van der Waals surface area contributed by atoms with Gasteiger partial charge in [-0.15, -0.1) is 0 Å². The fourth-order valence-corrected chi connectivity index (χ4v) is 7.69. The molecule has 47 heavy (non-hydrogen) atoms. The summed E-state index contributed by atoms with van der Waals surface area (Å²) in [6, 6.07) is 54.6. The van der Waals surface area contributed by atoms with Crippen LogP contribution in [0.15, 0.2) is 168 Å². The average Bonchev–Trinajstić information content (AvgIpc) is 3.55. The van der Waals surface area contributed by atoms with Gasteiger partial charge in [-0.3, -0.25) is 4.98 Å². The van der Waals surface area contributed by atoms with Crippen molar-refractivity contribution in [2.75, 3.05) is 0 Å². The Morgan fingerprint density at radius 2 is 1.00 bits per heavy atom. The zero-order valence-electron chi connectivity index (χ0n) is 25.4. The molecule has 0 radical (unpaired) electrons. The summed E-state index contributed by atoms with van der Waals surface area (Å²) in [5, 5.41) is 12.0. The number of rotatable bonds is 3. The second-order valence-electron chi connectivity index (χ2n) is 12.3. The van der Waals surface area contributed by atoms with Gasteiger partial charge in [0, 0.05) is 39.9 Å². The van der Waals surface area contributed by atoms with Crippen molar-refractivity contribution in [2.45, 2.75) is 0 Å². The molecule has 0 atom stereocenters. The number of furan rings is 1. The van der Waals surface area contributed by atoms with Gasteiger partial charge in [0.05, 0.1) is 0 Å². The molecule has 0 saturated carbocycles. The molecule has 10 rings (SSSR count). The predicted molar refractivity (Wildman–Crippen MR) is 198 cm³/mol. The number of hydrogen-bond donors (Lipinski definition) is 0. The fraction of sp³-hybridized carbons (Fsp3) is 0. The highest BCUT2D eigenvalue weighted by atomic mass is 16.3. The van der Waals surface area contributed by atoms with E-state index in [1.807, 2.05) is 18.5 Å². The largest absolute Gasteiger partial charge is 0.455 e. The zero-order chi connectivity index (χ0) is 30.9. The second kappa shape index (κ2) is 10.1. The van der Waals surface area contributed by atoms with Crippen molar-refractivity contribution >= 4 is 65.0 Å². The van der Waals surface area contributed by atoms with E-state index in [1.165, 1.54) is 70.6 Å². The summed E-state index contributed by atoms with van der Waals surface area (Å²) in [5.41, 5.74) is 8.83. The van der Waals surface area contributed by atoms with Crippen LogP contribution in [0.25, 0.3) is 98.4 Å². The van der Waals surface area contributed by atoms with E-state index in [2.05, 4.69) is 151 Å². The van der Waals surface area contributed by atoms with Crippen LogP contribution in [0.5, 0.6) is 0 Å². The fourth-order valence-electron chi connectivity index (χ4n) is 7.69. The molecule has 0 amide bonds. The quantitative estimate of drug-likeness (QED) is 0.189. The Morgan fingerprint density at radius 1 is 0.404 bits per heavy atom. The lowest BCUT2D eigenvalue weighted by atomic mass is 9.84. The molecule has 8 aromatic carbocycles. The summed E-state index contributed by atoms with van der Waals surface area (Å²) in [6.07, 6.45) is 3.75. The molecular weight excluding hydrogens is 571 g/mol. The number of aromatic nitrogens is 1. The lowest BCUT2D eigenvalue weighted by Gasteiger charge is -2.19. The van der Waals surface area contributed by atoms with Gasteiger partial charge in [0.2, 0.25) is 0 Å². The smallest absolute Gasteiger partial charge is 0.143 e. The van der Waals surface area contributed by atoms with Gasteiger partial charge in [-0.2, -0.15) is 0 Å². The first-order chi connectivity index (χ1) is 23.3. The first-order valence-electron chi connectivity index (χ1n) is 16.0. The first kappa shape index (κ1) is 26.0. The van der Waals surface area contributed by atoms with E-state index in [0.29, 0.717) is 0 Å². The van der Waals surface area contributed by atoms with E-state index < -0.39 is 0 Å². The van der Waals surface area contributed by atoms with Crippen LogP contribution in [0.4, 0.5) is 0 Å². The molecule has 0 fully saturated rings. The van der Waals surface area contributed by atoms with Crippen LogP contribution in [0, 0.1) is 0 Å². The van der Waals surface area contributed by atoms with Gasteiger partial charge in [0.1, 0.15) is 11.2 Å². The van der Waals surface area contributed by atoms with Crippen LogP contribution in [-0.2, 0) is 0 Å². The number of fused-ring (bicyclic) bond motifs is 9. The Balaban J connectivity index is 1.36. The Hall–Kier alpha value is -6.25. The molecule has 2 heterocycles. The van der Waals surface area contributed by atoms with E-state index in [1.54, 1.807) is 0 Å². The highest BCUT2D eigenvalue weighted by molar-refractivity contribution is 6.31. The molecule has 0 saturated heterocycles. The lowest BCUT2D eigenvalue weighted by molar-refractivity contribution is 0.670. The maximum atomic E-state index is 6.93. The van der Waals surface area contributed by atoms with Crippen LogP contribution in [-0.4, -0.2) is 4.98 Å². The lowest BCUT2D eigenvalue weighted by Crippen LogP contribution is -1.92. The number of hydrogen-bond acceptors (Lipinski definition) is 2. The van der Waals surface area contributed by atoms with Crippen molar-refractivity contribution in [3.63, 3.8) is 0 Å². The van der Waals surface area contributed by atoms with Crippen LogP contribution < -0.4 is 0 Å². The molecule has 10 aromatic rings. The average molecular weight is 598 g/mol. The van der Waals surface area contributed by atoms with Crippen LogP contribution in [0.3, 0.4) is 0 Å². The summed E-state index contributed by atoms with van der Waals surface area (Å²) in [5.74, 6) is 0. The standard InChI is InChI=1S/C45H27NO/c1-3-16-33-28(11-1)22-23-40-43(33)44-34-17-4-2-12-30(34)26-39(45(44)47-40)42-37-20-7-5-18-35(37)41(36-19-6-8-21-38(36)42)31-14-9-13-29(25-31)32-15-10-24-46-27-32/h1-27H. The molecule has 0 bridgehead atoms. The Labute approximate surface area is 271 Å². The van der Waals surface area contributed by atoms with E-state index >= 15 is 0 Å². The summed E-state index contributed by atoms with van der Waals surface area (Å²) < 4.78 is 6.93. The van der Waals surface area contributed by atoms with E-state index in [-0.39, 0.29) is 0 Å². The van der Waals surface area contributed by atoms with Gasteiger partial charge in [-0.05, 0) is 84.0 Å². The van der Waals surface area contributed by atoms with Crippen molar-refractivity contribution in [2.24, 2.45) is 0 Å². The molecule has 0 spiro atoms. The molecule has 0 N–H and O–H groups in total. The Bertz CT molecular complexity index is 2790. The third-order valence-electron chi connectivity index (χ3n) is 9.70. The predicted octanol–water partition coefficient (Wildman–Crippen LogP) is 12.6. The normalized spacial score (nSPS) is 11.8. The molecule has 0 aliphatic rings. The van der Waals surface area contributed by atoms with Gasteiger partial charge in [-0.1, -0.05) is 127 Å². The van der Waals surface area contributed by atoms with E-state index in [0.717, 1.165) is 27.9 Å². The molecule has 0 aliphatic heterocycles. The summed E-state index contributed by atoms with van der Waals surface area (Å²) in [4.78, 5) is 4.38. The van der Waals surface area contributed by atoms with Crippen molar-refractivity contribution in [3.05, 3.63) is 164 Å². The van der Waals surface area contributed by atoms with E-state index in [4.69, 9.17) is 4.42 Å². The number of nitrogens with zero attached hydrogens (tertiary/aromatic N) is 1. The second-order valence-corrected chi connectivity index (χ2v) is 12.3. The van der Waals surface area contributed by atoms with Crippen molar-refractivity contribution in [3.8, 4) is 33.4 Å². The maximum Gasteiger partial charge on any atom is 0.143 e. The van der Waals surface area contributed by atoms with E-state index in [9.17, 15) is 0 Å². The van der Waals surface area contributed by atoms with Gasteiger partial charge >= 0.3 is 0 Å². The summed E-state index contributed by atoms with van der Waals surface area (Å²) in [7, 11) is 0. The van der Waals surface area contributed by atoms with Crippen molar-refractivity contribution in [1.29, 1.82) is 0 Å². The summed E-state index contributed by atoms with van der Waals surface area (Å²) >= 11 is 0. The molecule has 2 heteroatoms. The van der Waals surface area contributed by atoms with Gasteiger partial charge in [0.25, 0.3) is 0 Å². The van der Waals surface area contributed by atoms with Crippen molar-refractivity contribution in [1.82, 2.24) is 4.98 Å². The minimum absolute atomic E-state index is 0.911. The Kier molecular flexibility index (Phi) is 5.61. The SMILES string of the molecule is c1cncc(-c2cccc(-c3c4ccccc4c(-c4cc5ccccc5c5c4oc4ccc6ccccc6c45)c4ccccc34)c2)c1. The zero-order valence-corrected chi connectivity index (χ0v) is 25.4.